The first kappa shape index (κ1) is 14.6. The molecule has 0 bridgehead atoms. The molecule has 0 radical (unpaired) electrons. The number of carbonyl (C=O) groups is 1. The van der Waals surface area contributed by atoms with Crippen molar-refractivity contribution in [2.24, 2.45) is 0 Å². The Balaban J connectivity index is 2.31. The molecule has 0 unspecified atom stereocenters. The molecule has 0 spiro atoms. The van der Waals surface area contributed by atoms with Gasteiger partial charge in [0.15, 0.2) is 0 Å². The van der Waals surface area contributed by atoms with Gasteiger partial charge in [-0.1, -0.05) is 6.08 Å². The van der Waals surface area contributed by atoms with Crippen LogP contribution in [0.4, 0.5) is 4.79 Å². The van der Waals surface area contributed by atoms with Gasteiger partial charge >= 0.3 is 5.63 Å². The lowest BCUT2D eigenvalue weighted by molar-refractivity contribution is -0.264. The van der Waals surface area contributed by atoms with Crippen LogP contribution in [0.15, 0.2) is 46.1 Å². The number of carbonyl (C=O) groups excluding carboxylic acids is 1. The van der Waals surface area contributed by atoms with Gasteiger partial charge in [0.2, 0.25) is 0 Å². The number of phenols is 1. The van der Waals surface area contributed by atoms with E-state index < -0.39 is 11.7 Å². The van der Waals surface area contributed by atoms with Crippen LogP contribution in [-0.2, 0) is 6.42 Å². The summed E-state index contributed by atoms with van der Waals surface area (Å²) in [5.41, 5.74) is 0.365. The zero-order valence-corrected chi connectivity index (χ0v) is 11.2. The van der Waals surface area contributed by atoms with Crippen LogP contribution >= 0.6 is 0 Å². The van der Waals surface area contributed by atoms with Crippen LogP contribution in [0.2, 0.25) is 0 Å². The third kappa shape index (κ3) is 3.42. The Morgan fingerprint density at radius 3 is 2.86 bits per heavy atom. The number of hydrogen-bond acceptors (Lipinski definition) is 5. The summed E-state index contributed by atoms with van der Waals surface area (Å²) in [6, 6.07) is 5.77. The number of phenolic OH excluding ortho intramolecular Hbond substituents is 1. The van der Waals surface area contributed by atoms with Crippen molar-refractivity contribution in [1.82, 2.24) is 4.90 Å². The minimum Gasteiger partial charge on any atom is -0.530 e. The van der Waals surface area contributed by atoms with E-state index >= 15 is 0 Å². The van der Waals surface area contributed by atoms with Crippen molar-refractivity contribution in [2.75, 3.05) is 13.1 Å². The van der Waals surface area contributed by atoms with Gasteiger partial charge in [-0.15, -0.1) is 6.58 Å². The Morgan fingerprint density at radius 2 is 2.19 bits per heavy atom. The molecule has 1 aromatic heterocycles. The zero-order valence-electron chi connectivity index (χ0n) is 11.2. The number of benzene rings is 1. The fourth-order valence-electron chi connectivity index (χ4n) is 2.09. The summed E-state index contributed by atoms with van der Waals surface area (Å²) in [6.45, 7) is 3.82. The van der Waals surface area contributed by atoms with E-state index in [0.29, 0.717) is 17.4 Å². The topological polar surface area (TPSA) is 93.8 Å². The molecule has 110 valence electrons. The van der Waals surface area contributed by atoms with Crippen LogP contribution in [0, 0.1) is 0 Å². The molecule has 0 aliphatic carbocycles. The van der Waals surface area contributed by atoms with Crippen molar-refractivity contribution in [3.63, 3.8) is 0 Å². The van der Waals surface area contributed by atoms with Gasteiger partial charge in [0, 0.05) is 30.6 Å². The molecule has 1 aromatic carbocycles. The number of rotatable bonds is 5. The third-order valence-corrected chi connectivity index (χ3v) is 3.07. The molecule has 2 rings (SSSR count). The van der Waals surface area contributed by atoms with Gasteiger partial charge in [-0.05, 0) is 24.1 Å². The number of aromatic hydroxyl groups is 1. The van der Waals surface area contributed by atoms with Crippen LogP contribution in [0.25, 0.3) is 11.0 Å². The predicted molar refractivity (Wildman–Crippen MR) is 75.0 cm³/mol. The molecule has 0 fully saturated rings. The summed E-state index contributed by atoms with van der Waals surface area (Å²) in [5.74, 6) is -0.00850. The number of carboxylic acid groups (broad SMARTS) is 1. The quantitative estimate of drug-likeness (QED) is 0.651. The largest absolute Gasteiger partial charge is 0.530 e. The van der Waals surface area contributed by atoms with E-state index in [1.165, 1.54) is 24.3 Å². The first-order chi connectivity index (χ1) is 10.0. The molecule has 1 heterocycles. The third-order valence-electron chi connectivity index (χ3n) is 3.07. The SMILES string of the molecule is C=CCN(CCc1cc(=O)oc2cc(O)ccc12)C(=O)[O-]. The lowest BCUT2D eigenvalue weighted by Gasteiger charge is -2.23. The van der Waals surface area contributed by atoms with Crippen LogP contribution < -0.4 is 10.7 Å². The summed E-state index contributed by atoms with van der Waals surface area (Å²) in [7, 11) is 0. The number of fused-ring (bicyclic) bond motifs is 1. The highest BCUT2D eigenvalue weighted by Gasteiger charge is 2.09. The average molecular weight is 288 g/mol. The smallest absolute Gasteiger partial charge is 0.336 e. The Bertz CT molecular complexity index is 734. The van der Waals surface area contributed by atoms with Crippen molar-refractivity contribution < 1.29 is 19.4 Å². The lowest BCUT2D eigenvalue weighted by Crippen LogP contribution is -2.42. The maximum atomic E-state index is 11.5. The summed E-state index contributed by atoms with van der Waals surface area (Å²) in [6.07, 6.45) is 0.500. The molecular formula is C15H14NO5-. The monoisotopic (exact) mass is 288 g/mol. The van der Waals surface area contributed by atoms with Crippen molar-refractivity contribution in [3.8, 4) is 5.75 Å². The second-order valence-corrected chi connectivity index (χ2v) is 4.52. The number of nitrogens with zero attached hydrogens (tertiary/aromatic N) is 1. The molecule has 1 N–H and O–H groups in total. The summed E-state index contributed by atoms with van der Waals surface area (Å²) in [5, 5.41) is 21.0. The van der Waals surface area contributed by atoms with Crippen LogP contribution in [0.5, 0.6) is 5.75 Å². The second-order valence-electron chi connectivity index (χ2n) is 4.52. The minimum atomic E-state index is -1.29. The van der Waals surface area contributed by atoms with Crippen LogP contribution in [-0.4, -0.2) is 29.2 Å². The fourth-order valence-corrected chi connectivity index (χ4v) is 2.09. The molecule has 6 heteroatoms. The Hall–Kier alpha value is -2.76. The number of amides is 1. The van der Waals surface area contributed by atoms with E-state index in [9.17, 15) is 19.8 Å². The molecule has 2 aromatic rings. The van der Waals surface area contributed by atoms with E-state index in [1.54, 1.807) is 6.07 Å². The van der Waals surface area contributed by atoms with Crippen molar-refractivity contribution in [2.45, 2.75) is 6.42 Å². The van der Waals surface area contributed by atoms with Gasteiger partial charge in [0.25, 0.3) is 0 Å². The van der Waals surface area contributed by atoms with Crippen molar-refractivity contribution in [1.29, 1.82) is 0 Å². The van der Waals surface area contributed by atoms with E-state index in [-0.39, 0.29) is 24.4 Å². The minimum absolute atomic E-state index is 0.00850. The Labute approximate surface area is 120 Å². The molecule has 0 atom stereocenters. The van der Waals surface area contributed by atoms with Crippen molar-refractivity contribution >= 4 is 17.1 Å². The maximum absolute atomic E-state index is 11.5. The number of hydrogen-bond donors (Lipinski definition) is 1. The van der Waals surface area contributed by atoms with E-state index in [0.717, 1.165) is 4.90 Å². The second kappa shape index (κ2) is 6.13. The summed E-state index contributed by atoms with van der Waals surface area (Å²) >= 11 is 0. The van der Waals surface area contributed by atoms with Gasteiger partial charge in [-0.3, -0.25) is 0 Å². The highest BCUT2D eigenvalue weighted by atomic mass is 16.4. The molecule has 0 aliphatic rings. The van der Waals surface area contributed by atoms with Gasteiger partial charge in [0.1, 0.15) is 17.4 Å². The molecular weight excluding hydrogens is 274 g/mol. The van der Waals surface area contributed by atoms with Crippen molar-refractivity contribution in [3.05, 3.63) is 52.9 Å². The lowest BCUT2D eigenvalue weighted by atomic mass is 10.1. The zero-order chi connectivity index (χ0) is 15.4. The molecule has 6 nitrogen and oxygen atoms in total. The van der Waals surface area contributed by atoms with Gasteiger partial charge < -0.3 is 24.3 Å². The van der Waals surface area contributed by atoms with E-state index in [4.69, 9.17) is 4.42 Å². The Morgan fingerprint density at radius 1 is 1.43 bits per heavy atom. The molecule has 21 heavy (non-hydrogen) atoms. The average Bonchev–Trinajstić information content (AvgIpc) is 2.42. The predicted octanol–water partition coefficient (Wildman–Crippen LogP) is 0.872. The van der Waals surface area contributed by atoms with Gasteiger partial charge in [0.05, 0.1) is 0 Å². The van der Waals surface area contributed by atoms with Gasteiger partial charge in [-0.2, -0.15) is 0 Å². The van der Waals surface area contributed by atoms with E-state index in [1.807, 2.05) is 0 Å². The fraction of sp³-hybridized carbons (Fsp3) is 0.200. The maximum Gasteiger partial charge on any atom is 0.336 e. The summed E-state index contributed by atoms with van der Waals surface area (Å²) < 4.78 is 5.01. The standard InChI is InChI=1S/C15H15NO5/c1-2-6-16(15(19)20)7-5-10-8-14(18)21-13-9-11(17)3-4-12(10)13/h2-4,8-9,17H,1,5-7H2,(H,19,20)/p-1. The normalized spacial score (nSPS) is 10.5. The molecule has 0 saturated carbocycles. The molecule has 0 aliphatic heterocycles. The van der Waals surface area contributed by atoms with E-state index in [2.05, 4.69) is 6.58 Å². The highest BCUT2D eigenvalue weighted by molar-refractivity contribution is 5.81. The Kier molecular flexibility index (Phi) is 4.27. The highest BCUT2D eigenvalue weighted by Crippen LogP contribution is 2.22. The van der Waals surface area contributed by atoms with Crippen LogP contribution in [0.1, 0.15) is 5.56 Å². The summed E-state index contributed by atoms with van der Waals surface area (Å²) in [4.78, 5) is 23.5. The van der Waals surface area contributed by atoms with Gasteiger partial charge in [-0.25, -0.2) is 4.79 Å². The molecule has 1 amide bonds. The first-order valence-electron chi connectivity index (χ1n) is 6.34. The first-order valence-corrected chi connectivity index (χ1v) is 6.34. The van der Waals surface area contributed by atoms with Crippen LogP contribution in [0.3, 0.4) is 0 Å². The molecule has 0 saturated heterocycles.